The molecule has 1 aromatic heterocycles. The molecule has 2 atom stereocenters. The molecule has 1 spiro atoms. The number of hydrogen-bond acceptors (Lipinski definition) is 8. The smallest absolute Gasteiger partial charge is 0.241 e. The van der Waals surface area contributed by atoms with Gasteiger partial charge in [-0.25, -0.2) is 13.1 Å². The van der Waals surface area contributed by atoms with Gasteiger partial charge in [-0.2, -0.15) is 0 Å². The highest BCUT2D eigenvalue weighted by Gasteiger charge is 2.49. The van der Waals surface area contributed by atoms with Crippen LogP contribution in [0.2, 0.25) is 0 Å². The van der Waals surface area contributed by atoms with Gasteiger partial charge in [0.2, 0.25) is 15.9 Å². The molecule has 0 bridgehead atoms. The topological polar surface area (TPSA) is 126 Å². The Morgan fingerprint density at radius 3 is 2.27 bits per heavy atom. The largest absolute Gasteiger partial charge is 0.379 e. The molecule has 2 aliphatic heterocycles. The first kappa shape index (κ1) is 33.5. The number of sulfonamides is 1. The van der Waals surface area contributed by atoms with Gasteiger partial charge in [0.25, 0.3) is 0 Å². The first-order chi connectivity index (χ1) is 21.0. The number of rotatable bonds is 7. The molecule has 3 heterocycles. The van der Waals surface area contributed by atoms with Crippen LogP contribution in [0.1, 0.15) is 101 Å². The molecule has 1 amide bonds. The molecular weight excluding hydrogens is 595 g/mol. The van der Waals surface area contributed by atoms with Gasteiger partial charge in [0.15, 0.2) is 0 Å². The van der Waals surface area contributed by atoms with E-state index in [2.05, 4.69) is 26.3 Å². The molecular formula is C33H51N5O4S2. The van der Waals surface area contributed by atoms with Crippen LogP contribution < -0.4 is 21.1 Å². The number of carbonyl (C=O) groups is 1. The Morgan fingerprint density at radius 2 is 1.66 bits per heavy atom. The van der Waals surface area contributed by atoms with E-state index in [1.165, 1.54) is 32.1 Å². The maximum absolute atomic E-state index is 14.2. The number of morpholine rings is 1. The molecule has 1 aliphatic carbocycles. The van der Waals surface area contributed by atoms with Crippen molar-refractivity contribution in [2.75, 3.05) is 39.4 Å². The van der Waals surface area contributed by atoms with Crippen molar-refractivity contribution in [3.8, 4) is 10.4 Å². The summed E-state index contributed by atoms with van der Waals surface area (Å²) < 4.78 is 34.0. The molecule has 2 fully saturated rings. The number of nitrogens with one attached hydrogen (secondary N) is 3. The summed E-state index contributed by atoms with van der Waals surface area (Å²) in [7, 11) is -3.64. The summed E-state index contributed by atoms with van der Waals surface area (Å²) in [5.41, 5.74) is 7.77. The van der Waals surface area contributed by atoms with Gasteiger partial charge in [0.05, 0.1) is 30.2 Å². The highest BCUT2D eigenvalue weighted by atomic mass is 32.2. The lowest BCUT2D eigenvalue weighted by molar-refractivity contribution is -0.125. The number of hydrogen-bond donors (Lipinski definition) is 4. The number of carbonyl (C=O) groups excluding carboxylic acids is 1. The van der Waals surface area contributed by atoms with Crippen molar-refractivity contribution in [2.45, 2.75) is 107 Å². The first-order valence-electron chi connectivity index (χ1n) is 16.4. The molecule has 9 nitrogen and oxygen atoms in total. The Balaban J connectivity index is 1.44. The van der Waals surface area contributed by atoms with Crippen LogP contribution in [0.25, 0.3) is 10.4 Å². The summed E-state index contributed by atoms with van der Waals surface area (Å²) in [5, 5.41) is 7.11. The van der Waals surface area contributed by atoms with Gasteiger partial charge in [0.1, 0.15) is 0 Å². The Labute approximate surface area is 267 Å². The zero-order valence-electron chi connectivity index (χ0n) is 26.6. The number of nitrogens with two attached hydrogens (primary N) is 1. The summed E-state index contributed by atoms with van der Waals surface area (Å²) in [4.78, 5) is 18.8. The van der Waals surface area contributed by atoms with Crippen LogP contribution in [-0.2, 0) is 19.6 Å². The van der Waals surface area contributed by atoms with Crippen LogP contribution in [0.5, 0.6) is 0 Å². The highest BCUT2D eigenvalue weighted by molar-refractivity contribution is 7.89. The Bertz CT molecular complexity index is 1350. The molecule has 3 aliphatic rings. The number of amides is 1. The number of fused-ring (bicyclic) bond motifs is 1. The first-order valence-corrected chi connectivity index (χ1v) is 18.7. The fourth-order valence-electron chi connectivity index (χ4n) is 6.97. The van der Waals surface area contributed by atoms with Crippen LogP contribution in [0.15, 0.2) is 35.2 Å². The maximum Gasteiger partial charge on any atom is 0.241 e. The van der Waals surface area contributed by atoms with Crippen molar-refractivity contribution in [2.24, 2.45) is 5.73 Å². The van der Waals surface area contributed by atoms with Gasteiger partial charge in [-0.3, -0.25) is 15.0 Å². The third kappa shape index (κ3) is 8.10. The second-order valence-corrected chi connectivity index (χ2v) is 16.5. The van der Waals surface area contributed by atoms with Crippen LogP contribution in [0.3, 0.4) is 0 Å². The third-order valence-electron chi connectivity index (χ3n) is 9.11. The van der Waals surface area contributed by atoms with E-state index in [1.54, 1.807) is 23.5 Å². The third-order valence-corrected chi connectivity index (χ3v) is 12.2. The number of thiophene rings is 1. The van der Waals surface area contributed by atoms with E-state index in [0.29, 0.717) is 6.54 Å². The lowest BCUT2D eigenvalue weighted by Gasteiger charge is -2.47. The SMILES string of the molecule is CC(C)(C)NS(=O)(=O)c1ccc(-c2cc3c(s2)C(C(=O)NCCN2CCOCC2)C2(CCCCCCCCC2)NC3N)cc1. The zero-order chi connectivity index (χ0) is 31.4. The van der Waals surface area contributed by atoms with Crippen LogP contribution in [-0.4, -0.2) is 69.7 Å². The van der Waals surface area contributed by atoms with Crippen LogP contribution in [0, 0.1) is 0 Å². The Morgan fingerprint density at radius 1 is 1.05 bits per heavy atom. The van der Waals surface area contributed by atoms with Gasteiger partial charge < -0.3 is 15.8 Å². The lowest BCUT2D eigenvalue weighted by atomic mass is 9.70. The predicted molar refractivity (Wildman–Crippen MR) is 177 cm³/mol. The normalized spacial score (nSPS) is 23.6. The van der Waals surface area contributed by atoms with Gasteiger partial charge in [0, 0.05) is 47.0 Å². The van der Waals surface area contributed by atoms with Crippen molar-refractivity contribution >= 4 is 27.3 Å². The number of ether oxygens (including phenoxy) is 1. The molecule has 5 N–H and O–H groups in total. The summed E-state index contributed by atoms with van der Waals surface area (Å²) in [6.07, 6.45) is 9.73. The van der Waals surface area contributed by atoms with Crippen molar-refractivity contribution in [1.82, 2.24) is 20.3 Å². The predicted octanol–water partition coefficient (Wildman–Crippen LogP) is 4.85. The minimum Gasteiger partial charge on any atom is -0.379 e. The van der Waals surface area contributed by atoms with E-state index < -0.39 is 21.1 Å². The van der Waals surface area contributed by atoms with Gasteiger partial charge >= 0.3 is 0 Å². The van der Waals surface area contributed by atoms with E-state index in [-0.39, 0.29) is 22.9 Å². The molecule has 2 unspecified atom stereocenters. The summed E-state index contributed by atoms with van der Waals surface area (Å²) in [6.45, 7) is 10.2. The van der Waals surface area contributed by atoms with E-state index in [9.17, 15) is 13.2 Å². The van der Waals surface area contributed by atoms with Gasteiger partial charge in [-0.1, -0.05) is 57.1 Å². The van der Waals surface area contributed by atoms with Gasteiger partial charge in [-0.15, -0.1) is 11.3 Å². The average Bonchev–Trinajstić information content (AvgIpc) is 3.42. The molecule has 11 heteroatoms. The van der Waals surface area contributed by atoms with Crippen LogP contribution >= 0.6 is 11.3 Å². The Kier molecular flexibility index (Phi) is 10.9. The van der Waals surface area contributed by atoms with E-state index in [0.717, 1.165) is 79.4 Å². The minimum atomic E-state index is -3.64. The van der Waals surface area contributed by atoms with E-state index in [4.69, 9.17) is 10.5 Å². The summed E-state index contributed by atoms with van der Waals surface area (Å²) in [5.74, 6) is -0.269. The molecule has 1 aromatic carbocycles. The maximum atomic E-state index is 14.2. The molecule has 44 heavy (non-hydrogen) atoms. The van der Waals surface area contributed by atoms with Crippen molar-refractivity contribution < 1.29 is 17.9 Å². The second kappa shape index (κ2) is 14.3. The summed E-state index contributed by atoms with van der Waals surface area (Å²) >= 11 is 1.63. The molecule has 244 valence electrons. The molecule has 0 radical (unpaired) electrons. The number of nitrogens with zero attached hydrogens (tertiary/aromatic N) is 1. The van der Waals surface area contributed by atoms with Crippen molar-refractivity contribution in [1.29, 1.82) is 0 Å². The standard InChI is InChI=1S/C33H51N5O4S2/c1-32(2,3)37-44(40,41)25-13-11-24(12-14-25)27-23-26-29(43-27)28(31(39)35-17-18-38-19-21-42-22-20-38)33(36-30(26)34)15-9-7-5-4-6-8-10-16-33/h11-14,23,28,30,36-37H,4-10,15-22,34H2,1-3H3,(H,35,39). The lowest BCUT2D eigenvalue weighted by Crippen LogP contribution is -2.60. The summed E-state index contributed by atoms with van der Waals surface area (Å²) in [6, 6.07) is 9.10. The van der Waals surface area contributed by atoms with E-state index in [1.807, 2.05) is 32.9 Å². The van der Waals surface area contributed by atoms with Gasteiger partial charge in [-0.05, 0) is 62.9 Å². The van der Waals surface area contributed by atoms with Crippen molar-refractivity contribution in [3.05, 3.63) is 40.8 Å². The quantitative estimate of drug-likeness (QED) is 0.339. The molecule has 5 rings (SSSR count). The highest BCUT2D eigenvalue weighted by Crippen LogP contribution is 2.49. The monoisotopic (exact) mass is 645 g/mol. The average molecular weight is 646 g/mol. The molecule has 2 aromatic rings. The fourth-order valence-corrected chi connectivity index (χ4v) is 9.82. The second-order valence-electron chi connectivity index (χ2n) is 13.7. The zero-order valence-corrected chi connectivity index (χ0v) is 28.3. The van der Waals surface area contributed by atoms with E-state index >= 15 is 0 Å². The fraction of sp³-hybridized carbons (Fsp3) is 0.667. The number of benzene rings is 1. The Hall–Kier alpha value is -1.86. The van der Waals surface area contributed by atoms with Crippen LogP contribution in [0.4, 0.5) is 0 Å². The van der Waals surface area contributed by atoms with Crippen molar-refractivity contribution in [3.63, 3.8) is 0 Å². The minimum absolute atomic E-state index is 0.0686. The molecule has 1 saturated carbocycles. The molecule has 1 saturated heterocycles.